The zero-order chi connectivity index (χ0) is 19.7. The summed E-state index contributed by atoms with van der Waals surface area (Å²) in [6, 6.07) is 6.65. The van der Waals surface area contributed by atoms with E-state index in [1.807, 2.05) is 0 Å². The minimum absolute atomic E-state index is 0.179. The summed E-state index contributed by atoms with van der Waals surface area (Å²) in [4.78, 5) is 28.3. The van der Waals surface area contributed by atoms with Crippen LogP contribution in [0.3, 0.4) is 0 Å². The van der Waals surface area contributed by atoms with Crippen molar-refractivity contribution in [2.75, 3.05) is 0 Å². The lowest BCUT2D eigenvalue weighted by Crippen LogP contribution is -2.40. The molecule has 0 bridgehead atoms. The standard InChI is InChI=1S/C19H18FN3O4/c1-9(19(25)26)10(2)21-17(24)14-8-15(12-4-6-13(20)7-5-12)22-18-16(14)11(3)23-27-18/h4-10H,1-3H3,(H,21,24)(H,25,26). The molecule has 3 aromatic rings. The maximum atomic E-state index is 13.2. The van der Waals surface area contributed by atoms with E-state index in [1.165, 1.54) is 19.1 Å². The van der Waals surface area contributed by atoms with Crippen LogP contribution in [0.5, 0.6) is 0 Å². The Morgan fingerprint density at radius 2 is 1.89 bits per heavy atom. The summed E-state index contributed by atoms with van der Waals surface area (Å²) < 4.78 is 18.4. The highest BCUT2D eigenvalue weighted by Gasteiger charge is 2.24. The van der Waals surface area contributed by atoms with Crippen molar-refractivity contribution < 1.29 is 23.6 Å². The van der Waals surface area contributed by atoms with Crippen LogP contribution < -0.4 is 5.32 Å². The topological polar surface area (TPSA) is 105 Å². The van der Waals surface area contributed by atoms with E-state index in [0.29, 0.717) is 22.3 Å². The van der Waals surface area contributed by atoms with Crippen LogP contribution in [0.15, 0.2) is 34.9 Å². The molecule has 0 aliphatic carbocycles. The predicted octanol–water partition coefficient (Wildman–Crippen LogP) is 3.18. The summed E-state index contributed by atoms with van der Waals surface area (Å²) in [6.07, 6.45) is 0. The predicted molar refractivity (Wildman–Crippen MR) is 95.7 cm³/mol. The van der Waals surface area contributed by atoms with Gasteiger partial charge in [0.15, 0.2) is 0 Å². The van der Waals surface area contributed by atoms with Crippen molar-refractivity contribution in [3.63, 3.8) is 0 Å². The molecule has 2 unspecified atom stereocenters. The van der Waals surface area contributed by atoms with Crippen molar-refractivity contribution >= 4 is 23.0 Å². The lowest BCUT2D eigenvalue weighted by molar-refractivity contribution is -0.141. The van der Waals surface area contributed by atoms with Crippen molar-refractivity contribution in [3.8, 4) is 11.3 Å². The molecule has 8 heteroatoms. The summed E-state index contributed by atoms with van der Waals surface area (Å²) in [5.41, 5.74) is 1.96. The molecule has 2 N–H and O–H groups in total. The smallest absolute Gasteiger partial charge is 0.308 e. The van der Waals surface area contributed by atoms with Crippen LogP contribution >= 0.6 is 0 Å². The van der Waals surface area contributed by atoms with E-state index < -0.39 is 23.8 Å². The molecular weight excluding hydrogens is 353 g/mol. The number of amides is 1. The molecular formula is C19H18FN3O4. The largest absolute Gasteiger partial charge is 0.481 e. The third kappa shape index (κ3) is 3.64. The van der Waals surface area contributed by atoms with Gasteiger partial charge in [-0.05, 0) is 51.1 Å². The Kier molecular flexibility index (Phi) is 4.89. The number of pyridine rings is 1. The van der Waals surface area contributed by atoms with Crippen molar-refractivity contribution in [2.24, 2.45) is 5.92 Å². The molecule has 0 saturated carbocycles. The number of aryl methyl sites for hydroxylation is 1. The molecule has 1 amide bonds. The molecule has 140 valence electrons. The van der Waals surface area contributed by atoms with Gasteiger partial charge in [0.05, 0.1) is 28.3 Å². The minimum atomic E-state index is -1.00. The van der Waals surface area contributed by atoms with Gasteiger partial charge in [-0.2, -0.15) is 0 Å². The van der Waals surface area contributed by atoms with Crippen LogP contribution in [-0.4, -0.2) is 33.2 Å². The first kappa shape index (κ1) is 18.5. The molecule has 7 nitrogen and oxygen atoms in total. The number of nitrogens with zero attached hydrogens (tertiary/aromatic N) is 2. The Balaban J connectivity index is 2.05. The van der Waals surface area contributed by atoms with Gasteiger partial charge in [0.25, 0.3) is 11.6 Å². The van der Waals surface area contributed by atoms with Gasteiger partial charge in [-0.1, -0.05) is 5.16 Å². The fourth-order valence-electron chi connectivity index (χ4n) is 2.67. The first-order valence-electron chi connectivity index (χ1n) is 8.34. The molecule has 0 aliphatic rings. The quantitative estimate of drug-likeness (QED) is 0.714. The van der Waals surface area contributed by atoms with E-state index in [2.05, 4.69) is 15.5 Å². The van der Waals surface area contributed by atoms with Gasteiger partial charge >= 0.3 is 5.97 Å². The summed E-state index contributed by atoms with van der Waals surface area (Å²) in [7, 11) is 0. The van der Waals surface area contributed by atoms with E-state index in [9.17, 15) is 14.0 Å². The van der Waals surface area contributed by atoms with Gasteiger partial charge in [0, 0.05) is 11.6 Å². The zero-order valence-corrected chi connectivity index (χ0v) is 15.0. The normalized spacial score (nSPS) is 13.3. The molecule has 0 aliphatic heterocycles. The SMILES string of the molecule is Cc1noc2nc(-c3ccc(F)cc3)cc(C(=O)NC(C)C(C)C(=O)O)c12. The fourth-order valence-corrected chi connectivity index (χ4v) is 2.67. The number of rotatable bonds is 5. The summed E-state index contributed by atoms with van der Waals surface area (Å²) in [5.74, 6) is -2.61. The number of aliphatic carboxylic acids is 1. The average Bonchev–Trinajstić information content (AvgIpc) is 3.01. The van der Waals surface area contributed by atoms with E-state index in [0.717, 1.165) is 0 Å². The number of aromatic nitrogens is 2. The Morgan fingerprint density at radius 3 is 2.52 bits per heavy atom. The monoisotopic (exact) mass is 371 g/mol. The lowest BCUT2D eigenvalue weighted by Gasteiger charge is -2.18. The number of hydrogen-bond acceptors (Lipinski definition) is 5. The second-order valence-electron chi connectivity index (χ2n) is 6.40. The minimum Gasteiger partial charge on any atom is -0.481 e. The Hall–Kier alpha value is -3.29. The molecule has 3 rings (SSSR count). The van der Waals surface area contributed by atoms with E-state index >= 15 is 0 Å². The molecule has 0 spiro atoms. The molecule has 27 heavy (non-hydrogen) atoms. The molecule has 2 atom stereocenters. The molecule has 1 aromatic carbocycles. The number of carbonyl (C=O) groups is 2. The summed E-state index contributed by atoms with van der Waals surface area (Å²) >= 11 is 0. The number of nitrogens with one attached hydrogen (secondary N) is 1. The Bertz CT molecular complexity index is 1010. The fraction of sp³-hybridized carbons (Fsp3) is 0.263. The summed E-state index contributed by atoms with van der Waals surface area (Å²) in [6.45, 7) is 4.83. The number of hydrogen-bond donors (Lipinski definition) is 2. The maximum absolute atomic E-state index is 13.2. The second-order valence-corrected chi connectivity index (χ2v) is 6.40. The second kappa shape index (κ2) is 7.14. The van der Waals surface area contributed by atoms with E-state index in [4.69, 9.17) is 9.63 Å². The van der Waals surface area contributed by atoms with Gasteiger partial charge in [0.1, 0.15) is 5.82 Å². The van der Waals surface area contributed by atoms with E-state index in [-0.39, 0.29) is 17.1 Å². The highest BCUT2D eigenvalue weighted by atomic mass is 19.1. The molecule has 2 aromatic heterocycles. The first-order valence-corrected chi connectivity index (χ1v) is 8.34. The van der Waals surface area contributed by atoms with Crippen LogP contribution in [0.25, 0.3) is 22.4 Å². The van der Waals surface area contributed by atoms with Crippen molar-refractivity contribution in [1.82, 2.24) is 15.5 Å². The van der Waals surface area contributed by atoms with Crippen LogP contribution in [-0.2, 0) is 4.79 Å². The average molecular weight is 371 g/mol. The van der Waals surface area contributed by atoms with Gasteiger partial charge in [0.2, 0.25) is 0 Å². The van der Waals surface area contributed by atoms with Gasteiger partial charge in [-0.15, -0.1) is 0 Å². The van der Waals surface area contributed by atoms with Gasteiger partial charge in [-0.25, -0.2) is 9.37 Å². The molecule has 0 radical (unpaired) electrons. The lowest BCUT2D eigenvalue weighted by atomic mass is 10.0. The highest BCUT2D eigenvalue weighted by Crippen LogP contribution is 2.27. The maximum Gasteiger partial charge on any atom is 0.308 e. The number of fused-ring (bicyclic) bond motifs is 1. The van der Waals surface area contributed by atoms with Crippen molar-refractivity contribution in [1.29, 1.82) is 0 Å². The molecule has 2 heterocycles. The zero-order valence-electron chi connectivity index (χ0n) is 15.0. The highest BCUT2D eigenvalue weighted by molar-refractivity contribution is 6.07. The van der Waals surface area contributed by atoms with E-state index in [1.54, 1.807) is 32.0 Å². The number of halogens is 1. The van der Waals surface area contributed by atoms with Crippen LogP contribution in [0.2, 0.25) is 0 Å². The number of carbonyl (C=O) groups excluding carboxylic acids is 1. The van der Waals surface area contributed by atoms with Gasteiger partial charge in [-0.3, -0.25) is 9.59 Å². The Labute approximate surface area is 154 Å². The number of benzene rings is 1. The van der Waals surface area contributed by atoms with Crippen molar-refractivity contribution in [3.05, 3.63) is 47.4 Å². The number of carboxylic acids is 1. The number of carboxylic acid groups (broad SMARTS) is 1. The van der Waals surface area contributed by atoms with Gasteiger partial charge < -0.3 is 14.9 Å². The van der Waals surface area contributed by atoms with Crippen LogP contribution in [0, 0.1) is 18.7 Å². The van der Waals surface area contributed by atoms with Crippen LogP contribution in [0.4, 0.5) is 4.39 Å². The van der Waals surface area contributed by atoms with Crippen LogP contribution in [0.1, 0.15) is 29.9 Å². The molecule has 0 fully saturated rings. The first-order chi connectivity index (χ1) is 12.8. The van der Waals surface area contributed by atoms with Crippen molar-refractivity contribution in [2.45, 2.75) is 26.8 Å². The Morgan fingerprint density at radius 1 is 1.22 bits per heavy atom. The third-order valence-corrected chi connectivity index (χ3v) is 4.50. The summed E-state index contributed by atoms with van der Waals surface area (Å²) in [5, 5.41) is 16.1. The third-order valence-electron chi connectivity index (χ3n) is 4.50. The molecule has 0 saturated heterocycles.